The van der Waals surface area contributed by atoms with E-state index in [9.17, 15) is 4.79 Å². The zero-order chi connectivity index (χ0) is 18.1. The highest BCUT2D eigenvalue weighted by atomic mass is 32.2. The van der Waals surface area contributed by atoms with Gasteiger partial charge < -0.3 is 0 Å². The summed E-state index contributed by atoms with van der Waals surface area (Å²) in [5.74, 6) is 2.12. The molecular weight excluding hydrogens is 348 g/mol. The minimum absolute atomic E-state index is 0.0203. The lowest BCUT2D eigenvalue weighted by Gasteiger charge is -2.75. The smallest absolute Gasteiger partial charge is 0.188 e. The van der Waals surface area contributed by atoms with Crippen LogP contribution in [0.2, 0.25) is 0 Å². The third-order valence-corrected chi connectivity index (χ3v) is 10.2. The van der Waals surface area contributed by atoms with Crippen molar-refractivity contribution in [1.82, 2.24) is 0 Å². The summed E-state index contributed by atoms with van der Waals surface area (Å²) in [7, 11) is -0.145. The summed E-state index contributed by atoms with van der Waals surface area (Å²) in [6.07, 6.45) is 9.33. The van der Waals surface area contributed by atoms with Crippen LogP contribution in [0.25, 0.3) is 0 Å². The first kappa shape index (κ1) is 16.4. The van der Waals surface area contributed by atoms with Crippen molar-refractivity contribution in [3.05, 3.63) is 60.7 Å². The number of hydrogen-bond acceptors (Lipinski definition) is 1. The highest BCUT2D eigenvalue weighted by Crippen LogP contribution is 2.80. The van der Waals surface area contributed by atoms with Gasteiger partial charge in [0.2, 0.25) is 0 Å². The van der Waals surface area contributed by atoms with Gasteiger partial charge in [0.15, 0.2) is 21.3 Å². The second-order valence-corrected chi connectivity index (χ2v) is 12.1. The molecule has 2 heteroatoms. The Kier molecular flexibility index (Phi) is 3.35. The number of carbonyl (C=O) groups is 1. The number of hydrogen-bond donors (Lipinski definition) is 0. The van der Waals surface area contributed by atoms with Crippen molar-refractivity contribution < 1.29 is 4.79 Å². The summed E-state index contributed by atoms with van der Waals surface area (Å²) in [5, 5.41) is 0. The van der Waals surface area contributed by atoms with Crippen LogP contribution in [-0.2, 0) is 15.7 Å². The van der Waals surface area contributed by atoms with Gasteiger partial charge in [0.05, 0.1) is 10.9 Å². The second-order valence-electron chi connectivity index (χ2n) is 10.1. The molecule has 7 saturated carbocycles. The van der Waals surface area contributed by atoms with Gasteiger partial charge in [0.1, 0.15) is 0 Å². The van der Waals surface area contributed by atoms with Crippen LogP contribution < -0.4 is 0 Å². The van der Waals surface area contributed by atoms with Crippen LogP contribution in [0.3, 0.4) is 0 Å². The van der Waals surface area contributed by atoms with Crippen molar-refractivity contribution in [3.8, 4) is 0 Å². The van der Waals surface area contributed by atoms with Crippen LogP contribution in [0.4, 0.5) is 0 Å². The van der Waals surface area contributed by atoms with Gasteiger partial charge in [-0.3, -0.25) is 4.79 Å². The summed E-state index contributed by atoms with van der Waals surface area (Å²) < 4.78 is 0. The fourth-order valence-electron chi connectivity index (χ4n) is 7.93. The quantitative estimate of drug-likeness (QED) is 0.617. The number of Topliss-reactive ketones (excluding diaryl/α,β-unsaturated/α-hetero) is 1. The number of benzene rings is 2. The van der Waals surface area contributed by atoms with Crippen LogP contribution in [-0.4, -0.2) is 11.5 Å². The molecule has 4 bridgehead atoms. The van der Waals surface area contributed by atoms with Gasteiger partial charge in [-0.2, -0.15) is 0 Å². The lowest BCUT2D eigenvalue weighted by atomic mass is 9.28. The van der Waals surface area contributed by atoms with E-state index >= 15 is 0 Å². The predicted molar refractivity (Wildman–Crippen MR) is 110 cm³/mol. The van der Waals surface area contributed by atoms with Crippen LogP contribution in [0.5, 0.6) is 0 Å². The molecule has 0 aromatic heterocycles. The highest BCUT2D eigenvalue weighted by Gasteiger charge is 2.72. The zero-order valence-electron chi connectivity index (χ0n) is 15.8. The maximum atomic E-state index is 13.8. The number of rotatable bonds is 5. The van der Waals surface area contributed by atoms with E-state index in [2.05, 4.69) is 60.7 Å². The average Bonchev–Trinajstić information content (AvgIpc) is 2.65. The van der Waals surface area contributed by atoms with E-state index in [1.807, 2.05) is 0 Å². The van der Waals surface area contributed by atoms with Gasteiger partial charge in [-0.05, 0) is 86.0 Å². The molecule has 27 heavy (non-hydrogen) atoms. The maximum Gasteiger partial charge on any atom is 0.188 e. The van der Waals surface area contributed by atoms with Crippen LogP contribution in [0, 0.1) is 22.2 Å². The molecule has 0 heterocycles. The molecule has 0 amide bonds. The van der Waals surface area contributed by atoms with Crippen LogP contribution >= 0.6 is 0 Å². The number of ketones is 1. The van der Waals surface area contributed by atoms with E-state index in [4.69, 9.17) is 0 Å². The summed E-state index contributed by atoms with van der Waals surface area (Å²) in [6, 6.07) is 21.4. The van der Waals surface area contributed by atoms with Crippen molar-refractivity contribution >= 4 is 16.7 Å². The topological polar surface area (TPSA) is 17.1 Å². The molecule has 2 spiro atoms. The molecule has 0 saturated heterocycles. The molecule has 138 valence electrons. The van der Waals surface area contributed by atoms with Gasteiger partial charge in [0, 0.05) is 5.41 Å². The van der Waals surface area contributed by atoms with Crippen molar-refractivity contribution in [1.29, 1.82) is 0 Å². The minimum Gasteiger partial charge on any atom is -0.294 e. The Morgan fingerprint density at radius 1 is 0.778 bits per heavy atom. The normalized spacial score (nSPS) is 38.0. The van der Waals surface area contributed by atoms with Crippen molar-refractivity contribution in [3.63, 3.8) is 0 Å². The lowest BCUT2D eigenvalue weighted by molar-refractivity contribution is -0.249. The molecule has 7 aliphatic rings. The van der Waals surface area contributed by atoms with Gasteiger partial charge in [-0.25, -0.2) is 0 Å². The summed E-state index contributed by atoms with van der Waals surface area (Å²) in [6.45, 7) is 0. The molecule has 0 unspecified atom stereocenters. The Hall–Kier alpha value is -1.54. The Bertz CT molecular complexity index is 811. The Morgan fingerprint density at radius 2 is 1.30 bits per heavy atom. The molecule has 0 aliphatic heterocycles. The molecule has 7 fully saturated rings. The molecule has 2 aromatic rings. The van der Waals surface area contributed by atoms with E-state index < -0.39 is 0 Å². The van der Waals surface area contributed by atoms with Crippen molar-refractivity contribution in [2.75, 3.05) is 5.75 Å². The van der Waals surface area contributed by atoms with E-state index in [0.717, 1.165) is 5.92 Å². The van der Waals surface area contributed by atoms with Crippen LogP contribution in [0.1, 0.15) is 44.9 Å². The Labute approximate surface area is 164 Å². The van der Waals surface area contributed by atoms with Crippen molar-refractivity contribution in [2.24, 2.45) is 22.2 Å². The lowest BCUT2D eigenvalue weighted by Crippen LogP contribution is -2.68. The average molecular weight is 376 g/mol. The summed E-state index contributed by atoms with van der Waals surface area (Å²) >= 11 is 0. The predicted octanol–water partition coefficient (Wildman–Crippen LogP) is 5.65. The minimum atomic E-state index is -0.145. The summed E-state index contributed by atoms with van der Waals surface area (Å²) in [4.78, 5) is 16.4. The molecule has 0 radical (unpaired) electrons. The van der Waals surface area contributed by atoms with Crippen molar-refractivity contribution in [2.45, 2.75) is 54.7 Å². The fourth-order valence-corrected chi connectivity index (χ4v) is 10.1. The molecular formula is C25H27OS+. The van der Waals surface area contributed by atoms with E-state index in [1.165, 1.54) is 54.7 Å². The number of carbonyl (C=O) groups excluding carboxylic acids is 1. The first-order chi connectivity index (χ1) is 13.1. The van der Waals surface area contributed by atoms with E-state index in [0.29, 0.717) is 22.4 Å². The molecule has 2 aromatic carbocycles. The molecule has 0 N–H and O–H groups in total. The fraction of sp³-hybridized carbons (Fsp3) is 0.480. The third kappa shape index (κ3) is 2.42. The van der Waals surface area contributed by atoms with E-state index in [-0.39, 0.29) is 16.3 Å². The zero-order valence-corrected chi connectivity index (χ0v) is 16.6. The first-order valence-corrected chi connectivity index (χ1v) is 11.8. The molecule has 0 atom stereocenters. The maximum absolute atomic E-state index is 13.8. The standard InChI is InChI=1S/C25H27OS/c26-22(25-13-19-11-23(17-25)15-24(12-19,16-23)18-25)14-27(20-7-3-1-4-8-20)21-9-5-2-6-10-21/h1-10,19H,11-18H2/q+1. The van der Waals surface area contributed by atoms with Crippen LogP contribution in [0.15, 0.2) is 70.5 Å². The first-order valence-electron chi connectivity index (χ1n) is 10.4. The van der Waals surface area contributed by atoms with Gasteiger partial charge in [0.25, 0.3) is 0 Å². The highest BCUT2D eigenvalue weighted by molar-refractivity contribution is 7.97. The molecule has 1 nitrogen and oxygen atoms in total. The van der Waals surface area contributed by atoms with Gasteiger partial charge in [-0.1, -0.05) is 36.4 Å². The monoisotopic (exact) mass is 375 g/mol. The largest absolute Gasteiger partial charge is 0.294 e. The Morgan fingerprint density at radius 3 is 1.78 bits per heavy atom. The molecule has 9 rings (SSSR count). The Balaban J connectivity index is 1.33. The van der Waals surface area contributed by atoms with Gasteiger partial charge >= 0.3 is 0 Å². The summed E-state index contributed by atoms with van der Waals surface area (Å²) in [5.41, 5.74) is 1.15. The van der Waals surface area contributed by atoms with Gasteiger partial charge in [-0.15, -0.1) is 0 Å². The second kappa shape index (κ2) is 5.50. The molecule has 7 aliphatic carbocycles. The third-order valence-electron chi connectivity index (χ3n) is 7.97. The van der Waals surface area contributed by atoms with E-state index in [1.54, 1.807) is 0 Å². The SMILES string of the molecule is O=C(C[S+](c1ccccc1)c1ccccc1)C12CC3CC4(CC(C3)(C4)C1)C2.